The Morgan fingerprint density at radius 3 is 2.62 bits per heavy atom. The maximum atomic E-state index is 11.1. The zero-order valence-electron chi connectivity index (χ0n) is 8.34. The van der Waals surface area contributed by atoms with Crippen LogP contribution in [0.1, 0.15) is 25.4 Å². The van der Waals surface area contributed by atoms with Crippen LogP contribution >= 0.6 is 0 Å². The second-order valence-electron chi connectivity index (χ2n) is 3.45. The second-order valence-corrected chi connectivity index (χ2v) is 3.45. The van der Waals surface area contributed by atoms with E-state index in [1.54, 1.807) is 14.0 Å². The number of nitrogens with one attached hydrogen (secondary N) is 1. The first kappa shape index (κ1) is 9.92. The Labute approximate surface area is 77.0 Å². The van der Waals surface area contributed by atoms with Gasteiger partial charge in [-0.3, -0.25) is 4.79 Å². The quantitative estimate of drug-likeness (QED) is 0.741. The van der Waals surface area contributed by atoms with Crippen molar-refractivity contribution < 1.29 is 4.74 Å². The first-order valence-corrected chi connectivity index (χ1v) is 4.09. The Morgan fingerprint density at radius 1 is 1.54 bits per heavy atom. The molecule has 0 radical (unpaired) electrons. The fourth-order valence-electron chi connectivity index (χ4n) is 0.961. The van der Waals surface area contributed by atoms with E-state index in [4.69, 9.17) is 4.74 Å². The molecule has 4 heteroatoms. The standard InChI is InChI=1S/C9H14N2O2/c1-6-5-7(12)11-8(10-6)9(2,3)13-4/h5H,1-4H3,(H,10,11,12). The summed E-state index contributed by atoms with van der Waals surface area (Å²) in [4.78, 5) is 18.0. The van der Waals surface area contributed by atoms with E-state index < -0.39 is 5.60 Å². The molecule has 72 valence electrons. The number of aromatic nitrogens is 2. The van der Waals surface area contributed by atoms with E-state index >= 15 is 0 Å². The Bertz CT molecular complexity index is 355. The molecule has 1 aromatic rings. The van der Waals surface area contributed by atoms with Crippen LogP contribution in [0.4, 0.5) is 0 Å². The summed E-state index contributed by atoms with van der Waals surface area (Å²) in [5.74, 6) is 0.556. The van der Waals surface area contributed by atoms with Gasteiger partial charge in [-0.1, -0.05) is 0 Å². The predicted octanol–water partition coefficient (Wildman–Crippen LogP) is 0.960. The number of hydrogen-bond acceptors (Lipinski definition) is 3. The van der Waals surface area contributed by atoms with Gasteiger partial charge in [-0.15, -0.1) is 0 Å². The smallest absolute Gasteiger partial charge is 0.251 e. The molecule has 0 atom stereocenters. The van der Waals surface area contributed by atoms with E-state index in [9.17, 15) is 4.79 Å². The molecular formula is C9H14N2O2. The molecule has 1 heterocycles. The first-order valence-electron chi connectivity index (χ1n) is 4.09. The van der Waals surface area contributed by atoms with E-state index in [0.29, 0.717) is 11.5 Å². The van der Waals surface area contributed by atoms with E-state index in [0.717, 1.165) is 0 Å². The van der Waals surface area contributed by atoms with Crippen LogP contribution in [0.15, 0.2) is 10.9 Å². The summed E-state index contributed by atoms with van der Waals surface area (Å²) in [6.07, 6.45) is 0. The van der Waals surface area contributed by atoms with Crippen molar-refractivity contribution in [3.63, 3.8) is 0 Å². The minimum atomic E-state index is -0.550. The minimum absolute atomic E-state index is 0.146. The highest BCUT2D eigenvalue weighted by Gasteiger charge is 2.22. The monoisotopic (exact) mass is 182 g/mol. The van der Waals surface area contributed by atoms with Gasteiger partial charge in [0.15, 0.2) is 0 Å². The molecule has 0 bridgehead atoms. The summed E-state index contributed by atoms with van der Waals surface area (Å²) in [6.45, 7) is 5.49. The summed E-state index contributed by atoms with van der Waals surface area (Å²) >= 11 is 0. The maximum Gasteiger partial charge on any atom is 0.251 e. The van der Waals surface area contributed by atoms with E-state index in [2.05, 4.69) is 9.97 Å². The summed E-state index contributed by atoms with van der Waals surface area (Å²) in [5.41, 5.74) is 0.00190. The molecule has 0 fully saturated rings. The van der Waals surface area contributed by atoms with Crippen molar-refractivity contribution in [3.05, 3.63) is 27.9 Å². The molecule has 0 unspecified atom stereocenters. The lowest BCUT2D eigenvalue weighted by atomic mass is 10.1. The Kier molecular flexibility index (Phi) is 2.52. The van der Waals surface area contributed by atoms with Crippen LogP contribution < -0.4 is 5.56 Å². The van der Waals surface area contributed by atoms with Gasteiger partial charge in [0.05, 0.1) is 0 Å². The molecule has 0 spiro atoms. The Balaban J connectivity index is 3.23. The van der Waals surface area contributed by atoms with Crippen LogP contribution in [0, 0.1) is 6.92 Å². The Hall–Kier alpha value is -1.16. The molecule has 0 saturated carbocycles. The first-order chi connectivity index (χ1) is 5.95. The largest absolute Gasteiger partial charge is 0.371 e. The van der Waals surface area contributed by atoms with Crippen molar-refractivity contribution in [1.29, 1.82) is 0 Å². The topological polar surface area (TPSA) is 55.0 Å². The second kappa shape index (κ2) is 3.30. The van der Waals surface area contributed by atoms with Crippen LogP contribution in [-0.4, -0.2) is 17.1 Å². The molecule has 1 rings (SSSR count). The van der Waals surface area contributed by atoms with Gasteiger partial charge in [0.2, 0.25) is 0 Å². The molecule has 0 aliphatic heterocycles. The minimum Gasteiger partial charge on any atom is -0.371 e. The summed E-state index contributed by atoms with van der Waals surface area (Å²) in [5, 5.41) is 0. The third-order valence-electron chi connectivity index (χ3n) is 1.95. The SMILES string of the molecule is COC(C)(C)c1nc(C)cc(=O)[nH]1. The number of rotatable bonds is 2. The fourth-order valence-corrected chi connectivity index (χ4v) is 0.961. The normalized spacial score (nSPS) is 11.7. The van der Waals surface area contributed by atoms with E-state index in [1.165, 1.54) is 6.07 Å². The van der Waals surface area contributed by atoms with Crippen molar-refractivity contribution in [1.82, 2.24) is 9.97 Å². The van der Waals surface area contributed by atoms with Gasteiger partial charge in [-0.2, -0.15) is 0 Å². The highest BCUT2D eigenvalue weighted by molar-refractivity contribution is 5.05. The summed E-state index contributed by atoms with van der Waals surface area (Å²) < 4.78 is 5.20. The average molecular weight is 182 g/mol. The average Bonchev–Trinajstić information content (AvgIpc) is 2.02. The fraction of sp³-hybridized carbons (Fsp3) is 0.556. The van der Waals surface area contributed by atoms with Gasteiger partial charge in [0.1, 0.15) is 11.4 Å². The number of ether oxygens (including phenoxy) is 1. The molecule has 0 saturated heterocycles. The van der Waals surface area contributed by atoms with Crippen molar-refractivity contribution in [2.24, 2.45) is 0 Å². The van der Waals surface area contributed by atoms with Gasteiger partial charge >= 0.3 is 0 Å². The van der Waals surface area contributed by atoms with E-state index in [-0.39, 0.29) is 5.56 Å². The number of aromatic amines is 1. The molecule has 0 amide bonds. The van der Waals surface area contributed by atoms with Gasteiger partial charge in [0, 0.05) is 18.9 Å². The van der Waals surface area contributed by atoms with Gasteiger partial charge < -0.3 is 9.72 Å². The van der Waals surface area contributed by atoms with E-state index in [1.807, 2.05) is 13.8 Å². The lowest BCUT2D eigenvalue weighted by molar-refractivity contribution is 0.0111. The van der Waals surface area contributed by atoms with Crippen LogP contribution in [0.2, 0.25) is 0 Å². The number of aryl methyl sites for hydroxylation is 1. The molecule has 4 nitrogen and oxygen atoms in total. The summed E-state index contributed by atoms with van der Waals surface area (Å²) in [6, 6.07) is 1.45. The van der Waals surface area contributed by atoms with Gasteiger partial charge in [-0.05, 0) is 20.8 Å². The van der Waals surface area contributed by atoms with Gasteiger partial charge in [-0.25, -0.2) is 4.98 Å². The number of hydrogen-bond donors (Lipinski definition) is 1. The van der Waals surface area contributed by atoms with Crippen LogP contribution in [0.3, 0.4) is 0 Å². The van der Waals surface area contributed by atoms with Crippen molar-refractivity contribution in [2.45, 2.75) is 26.4 Å². The zero-order valence-corrected chi connectivity index (χ0v) is 8.34. The highest BCUT2D eigenvalue weighted by atomic mass is 16.5. The number of methoxy groups -OCH3 is 1. The third-order valence-corrected chi connectivity index (χ3v) is 1.95. The number of nitrogens with zero attached hydrogens (tertiary/aromatic N) is 1. The molecule has 0 aromatic carbocycles. The zero-order chi connectivity index (χ0) is 10.1. The van der Waals surface area contributed by atoms with Crippen molar-refractivity contribution in [3.8, 4) is 0 Å². The van der Waals surface area contributed by atoms with Crippen LogP contribution in [-0.2, 0) is 10.3 Å². The molecule has 1 N–H and O–H groups in total. The van der Waals surface area contributed by atoms with Crippen molar-refractivity contribution >= 4 is 0 Å². The molecular weight excluding hydrogens is 168 g/mol. The van der Waals surface area contributed by atoms with Crippen LogP contribution in [0.25, 0.3) is 0 Å². The van der Waals surface area contributed by atoms with Gasteiger partial charge in [0.25, 0.3) is 5.56 Å². The van der Waals surface area contributed by atoms with Crippen molar-refractivity contribution in [2.75, 3.05) is 7.11 Å². The molecule has 0 aliphatic rings. The van der Waals surface area contributed by atoms with Crippen LogP contribution in [0.5, 0.6) is 0 Å². The Morgan fingerprint density at radius 2 is 2.15 bits per heavy atom. The molecule has 13 heavy (non-hydrogen) atoms. The number of H-pyrrole nitrogens is 1. The maximum absolute atomic E-state index is 11.1. The molecule has 1 aromatic heterocycles. The molecule has 0 aliphatic carbocycles. The highest BCUT2D eigenvalue weighted by Crippen LogP contribution is 2.18. The lowest BCUT2D eigenvalue weighted by Crippen LogP contribution is -2.26. The predicted molar refractivity (Wildman–Crippen MR) is 49.6 cm³/mol. The third kappa shape index (κ3) is 2.15. The lowest BCUT2D eigenvalue weighted by Gasteiger charge is -2.21. The summed E-state index contributed by atoms with van der Waals surface area (Å²) in [7, 11) is 1.59.